The number of fused-ring (bicyclic) bond motifs is 1. The highest BCUT2D eigenvalue weighted by atomic mass is 15.3. The third-order valence-electron chi connectivity index (χ3n) is 2.24. The maximum Gasteiger partial charge on any atom is 0.0721 e. The zero-order chi connectivity index (χ0) is 9.97. The molecule has 0 saturated heterocycles. The highest BCUT2D eigenvalue weighted by Gasteiger charge is 2.01. The van der Waals surface area contributed by atoms with Crippen LogP contribution in [-0.2, 0) is 0 Å². The van der Waals surface area contributed by atoms with Crippen molar-refractivity contribution in [2.45, 2.75) is 20.3 Å². The third kappa shape index (κ3) is 1.43. The lowest BCUT2D eigenvalue weighted by atomic mass is 10.2. The highest BCUT2D eigenvalue weighted by Crippen LogP contribution is 2.18. The van der Waals surface area contributed by atoms with E-state index in [9.17, 15) is 0 Å². The van der Waals surface area contributed by atoms with Crippen molar-refractivity contribution in [3.05, 3.63) is 36.0 Å². The molecule has 0 amide bonds. The summed E-state index contributed by atoms with van der Waals surface area (Å²) in [6.45, 7) is 4.16. The molecule has 0 saturated carbocycles. The van der Waals surface area contributed by atoms with Crippen LogP contribution in [0.2, 0.25) is 0 Å². The fraction of sp³-hybridized carbons (Fsp3) is 0.250. The number of benzene rings is 1. The van der Waals surface area contributed by atoms with Crippen LogP contribution >= 0.6 is 0 Å². The van der Waals surface area contributed by atoms with E-state index in [0.29, 0.717) is 0 Å². The third-order valence-corrected chi connectivity index (χ3v) is 2.24. The smallest absolute Gasteiger partial charge is 0.0721 e. The van der Waals surface area contributed by atoms with Gasteiger partial charge in [-0.2, -0.15) is 5.10 Å². The topological polar surface area (TPSA) is 17.3 Å². The first-order valence-electron chi connectivity index (χ1n) is 4.93. The molecule has 14 heavy (non-hydrogen) atoms. The van der Waals surface area contributed by atoms with Gasteiger partial charge in [0.15, 0.2) is 0 Å². The van der Waals surface area contributed by atoms with Gasteiger partial charge in [0, 0.05) is 17.3 Å². The van der Waals surface area contributed by atoms with Crippen molar-refractivity contribution in [2.24, 2.45) is 5.10 Å². The molecule has 0 aliphatic rings. The first-order valence-corrected chi connectivity index (χ1v) is 4.93. The van der Waals surface area contributed by atoms with Crippen LogP contribution in [0.3, 0.4) is 0 Å². The summed E-state index contributed by atoms with van der Waals surface area (Å²) in [5.74, 6) is 0. The number of rotatable bonds is 2. The molecule has 0 aliphatic heterocycles. The normalized spacial score (nSPS) is 11.6. The van der Waals surface area contributed by atoms with Crippen molar-refractivity contribution in [1.29, 1.82) is 0 Å². The monoisotopic (exact) mass is 186 g/mol. The molecule has 1 heterocycles. The Kier molecular flexibility index (Phi) is 2.35. The van der Waals surface area contributed by atoms with Gasteiger partial charge in [-0.1, -0.05) is 25.1 Å². The molecule has 2 nitrogen and oxygen atoms in total. The quantitative estimate of drug-likeness (QED) is 0.641. The molecule has 0 atom stereocenters. The Balaban J connectivity index is 2.62. The second-order valence-corrected chi connectivity index (χ2v) is 3.36. The van der Waals surface area contributed by atoms with Gasteiger partial charge in [0.1, 0.15) is 0 Å². The van der Waals surface area contributed by atoms with Crippen LogP contribution in [0.15, 0.2) is 35.4 Å². The number of nitrogens with zero attached hydrogens (tertiary/aromatic N) is 2. The summed E-state index contributed by atoms with van der Waals surface area (Å²) in [7, 11) is 0. The van der Waals surface area contributed by atoms with E-state index in [4.69, 9.17) is 0 Å². The van der Waals surface area contributed by atoms with Crippen LogP contribution in [0.4, 0.5) is 0 Å². The van der Waals surface area contributed by atoms with Crippen molar-refractivity contribution in [3.8, 4) is 0 Å². The van der Waals surface area contributed by atoms with Gasteiger partial charge in [-0.25, -0.2) is 4.68 Å². The largest absolute Gasteiger partial charge is 0.238 e. The van der Waals surface area contributed by atoms with Gasteiger partial charge < -0.3 is 0 Å². The second-order valence-electron chi connectivity index (χ2n) is 3.36. The Bertz CT molecular complexity index is 466. The molecule has 1 aromatic carbocycles. The number of aromatic nitrogens is 1. The Labute approximate surface area is 83.9 Å². The van der Waals surface area contributed by atoms with Gasteiger partial charge in [0.05, 0.1) is 5.52 Å². The summed E-state index contributed by atoms with van der Waals surface area (Å²) in [4.78, 5) is 0. The van der Waals surface area contributed by atoms with Crippen LogP contribution in [-0.4, -0.2) is 10.9 Å². The lowest BCUT2D eigenvalue weighted by Gasteiger charge is -1.98. The summed E-state index contributed by atoms with van der Waals surface area (Å²) in [6, 6.07) is 10.5. The fourth-order valence-electron chi connectivity index (χ4n) is 1.60. The second kappa shape index (κ2) is 3.66. The Morgan fingerprint density at radius 1 is 1.36 bits per heavy atom. The molecule has 0 N–H and O–H groups in total. The first-order chi connectivity index (χ1) is 6.83. The van der Waals surface area contributed by atoms with E-state index in [1.165, 1.54) is 16.6 Å². The molecule has 2 heteroatoms. The van der Waals surface area contributed by atoms with Crippen LogP contribution < -0.4 is 0 Å². The zero-order valence-electron chi connectivity index (χ0n) is 8.57. The van der Waals surface area contributed by atoms with Crippen molar-refractivity contribution in [1.82, 2.24) is 4.68 Å². The molecule has 0 spiro atoms. The molecule has 0 radical (unpaired) electrons. The molecule has 2 aromatic rings. The summed E-state index contributed by atoms with van der Waals surface area (Å²) in [5, 5.41) is 5.65. The minimum atomic E-state index is 0.964. The molecular formula is C12H14N2. The van der Waals surface area contributed by atoms with E-state index in [1.54, 1.807) is 0 Å². The van der Waals surface area contributed by atoms with E-state index < -0.39 is 0 Å². The SMILES string of the molecule is CC/C=N/n1c(C)cc2ccccc21. The van der Waals surface area contributed by atoms with Crippen molar-refractivity contribution in [3.63, 3.8) is 0 Å². The van der Waals surface area contributed by atoms with E-state index in [-0.39, 0.29) is 0 Å². The first kappa shape index (κ1) is 9.00. The fourth-order valence-corrected chi connectivity index (χ4v) is 1.60. The van der Waals surface area contributed by atoms with Crippen molar-refractivity contribution >= 4 is 17.1 Å². The van der Waals surface area contributed by atoms with Crippen molar-refractivity contribution in [2.75, 3.05) is 0 Å². The van der Waals surface area contributed by atoms with E-state index in [2.05, 4.69) is 43.2 Å². The number of aryl methyl sites for hydroxylation is 1. The van der Waals surface area contributed by atoms with E-state index >= 15 is 0 Å². The summed E-state index contributed by atoms with van der Waals surface area (Å²) in [6.07, 6.45) is 2.89. The van der Waals surface area contributed by atoms with Gasteiger partial charge in [0.2, 0.25) is 0 Å². The number of hydrogen-bond donors (Lipinski definition) is 0. The highest BCUT2D eigenvalue weighted by molar-refractivity contribution is 5.81. The van der Waals surface area contributed by atoms with E-state index in [0.717, 1.165) is 6.42 Å². The summed E-state index contributed by atoms with van der Waals surface area (Å²) < 4.78 is 1.98. The van der Waals surface area contributed by atoms with Crippen LogP contribution in [0.5, 0.6) is 0 Å². The zero-order valence-corrected chi connectivity index (χ0v) is 8.57. The van der Waals surface area contributed by atoms with Crippen LogP contribution in [0.25, 0.3) is 10.9 Å². The molecule has 0 unspecified atom stereocenters. The molecular weight excluding hydrogens is 172 g/mol. The average Bonchev–Trinajstić information content (AvgIpc) is 2.51. The van der Waals surface area contributed by atoms with Gasteiger partial charge in [-0.3, -0.25) is 0 Å². The van der Waals surface area contributed by atoms with Gasteiger partial charge >= 0.3 is 0 Å². The predicted octanol–water partition coefficient (Wildman–Crippen LogP) is 3.19. The molecule has 0 fully saturated rings. The predicted molar refractivity (Wildman–Crippen MR) is 60.9 cm³/mol. The maximum absolute atomic E-state index is 4.40. The van der Waals surface area contributed by atoms with Gasteiger partial charge in [-0.15, -0.1) is 0 Å². The Hall–Kier alpha value is -1.57. The molecule has 0 aliphatic carbocycles. The minimum Gasteiger partial charge on any atom is -0.238 e. The molecule has 1 aromatic heterocycles. The standard InChI is InChI=1S/C12H14N2/c1-3-8-13-14-10(2)9-11-6-4-5-7-12(11)14/h4-9H,3H2,1-2H3/b13-8+. The molecule has 72 valence electrons. The summed E-state index contributed by atoms with van der Waals surface area (Å²) >= 11 is 0. The van der Waals surface area contributed by atoms with Crippen LogP contribution in [0, 0.1) is 6.92 Å². The van der Waals surface area contributed by atoms with E-state index in [1.807, 2.05) is 17.0 Å². The maximum atomic E-state index is 4.40. The summed E-state index contributed by atoms with van der Waals surface area (Å²) in [5.41, 5.74) is 2.35. The van der Waals surface area contributed by atoms with Gasteiger partial charge in [-0.05, 0) is 25.5 Å². The number of hydrogen-bond acceptors (Lipinski definition) is 1. The van der Waals surface area contributed by atoms with Gasteiger partial charge in [0.25, 0.3) is 0 Å². The molecule has 2 rings (SSSR count). The lowest BCUT2D eigenvalue weighted by molar-refractivity contribution is 0.882. The Morgan fingerprint density at radius 3 is 2.93 bits per heavy atom. The number of para-hydroxylation sites is 1. The average molecular weight is 186 g/mol. The molecule has 0 bridgehead atoms. The van der Waals surface area contributed by atoms with Crippen LogP contribution in [0.1, 0.15) is 19.0 Å². The lowest BCUT2D eigenvalue weighted by Crippen LogP contribution is -1.90. The Morgan fingerprint density at radius 2 is 2.14 bits per heavy atom. The van der Waals surface area contributed by atoms with Crippen molar-refractivity contribution < 1.29 is 0 Å². The minimum absolute atomic E-state index is 0.964.